The zero-order chi connectivity index (χ0) is 16.2. The van der Waals surface area contributed by atoms with Crippen molar-refractivity contribution in [3.8, 4) is 11.6 Å². The minimum absolute atomic E-state index is 0.171. The first-order valence-electron chi connectivity index (χ1n) is 7.99. The maximum Gasteiger partial charge on any atom is 0.225 e. The Morgan fingerprint density at radius 1 is 1.00 bits per heavy atom. The Labute approximate surface area is 140 Å². The second-order valence-corrected chi connectivity index (χ2v) is 5.59. The van der Waals surface area contributed by atoms with E-state index in [0.717, 1.165) is 31.0 Å². The molecule has 3 aromatic heterocycles. The molecule has 0 bridgehead atoms. The van der Waals surface area contributed by atoms with Crippen molar-refractivity contribution in [1.29, 1.82) is 0 Å². The van der Waals surface area contributed by atoms with Crippen LogP contribution in [-0.2, 0) is 0 Å². The first-order chi connectivity index (χ1) is 11.9. The van der Waals surface area contributed by atoms with Crippen LogP contribution >= 0.6 is 0 Å². The Morgan fingerprint density at radius 2 is 1.92 bits per heavy atom. The van der Waals surface area contributed by atoms with Gasteiger partial charge in [-0.3, -0.25) is 4.98 Å². The molecule has 0 spiro atoms. The van der Waals surface area contributed by atoms with Gasteiger partial charge in [0.1, 0.15) is 5.75 Å². The molecule has 0 aromatic carbocycles. The van der Waals surface area contributed by atoms with Crippen LogP contribution in [0.1, 0.15) is 24.6 Å². The highest BCUT2D eigenvalue weighted by Gasteiger charge is 2.29. The van der Waals surface area contributed by atoms with Crippen LogP contribution in [0, 0.1) is 0 Å². The summed E-state index contributed by atoms with van der Waals surface area (Å²) in [5.41, 5.74) is 0.973. The van der Waals surface area contributed by atoms with E-state index in [9.17, 15) is 0 Å². The molecule has 1 fully saturated rings. The summed E-state index contributed by atoms with van der Waals surface area (Å²) in [6.07, 6.45) is 9.06. The molecule has 0 saturated carbocycles. The molecule has 4 heterocycles. The first kappa shape index (κ1) is 14.6. The Hall–Kier alpha value is -3.02. The van der Waals surface area contributed by atoms with Gasteiger partial charge in [-0.05, 0) is 37.1 Å². The zero-order valence-electron chi connectivity index (χ0n) is 13.1. The lowest BCUT2D eigenvalue weighted by molar-refractivity contribution is 0.456. The molecule has 6 nitrogen and oxygen atoms in total. The number of aromatic nitrogens is 4. The van der Waals surface area contributed by atoms with Crippen molar-refractivity contribution in [3.05, 3.63) is 66.9 Å². The summed E-state index contributed by atoms with van der Waals surface area (Å²) in [5.74, 6) is 2.00. The van der Waals surface area contributed by atoms with Gasteiger partial charge in [0, 0.05) is 31.2 Å². The van der Waals surface area contributed by atoms with E-state index >= 15 is 0 Å². The molecule has 1 aliphatic rings. The maximum absolute atomic E-state index is 5.80. The molecule has 3 aromatic rings. The Balaban J connectivity index is 1.58. The SMILES string of the molecule is c1cnc(N2CCCC2c2cccc(Oc3cccnc3)n2)nc1. The fourth-order valence-corrected chi connectivity index (χ4v) is 2.95. The van der Waals surface area contributed by atoms with Gasteiger partial charge in [-0.1, -0.05) is 6.07 Å². The van der Waals surface area contributed by atoms with Gasteiger partial charge >= 0.3 is 0 Å². The van der Waals surface area contributed by atoms with Crippen molar-refractivity contribution in [1.82, 2.24) is 19.9 Å². The molecule has 1 unspecified atom stereocenters. The number of ether oxygens (including phenoxy) is 1. The van der Waals surface area contributed by atoms with E-state index in [4.69, 9.17) is 4.74 Å². The lowest BCUT2D eigenvalue weighted by Crippen LogP contribution is -2.25. The largest absolute Gasteiger partial charge is 0.437 e. The smallest absolute Gasteiger partial charge is 0.225 e. The molecule has 1 saturated heterocycles. The number of nitrogens with zero attached hydrogens (tertiary/aromatic N) is 5. The number of rotatable bonds is 4. The van der Waals surface area contributed by atoms with Crippen LogP contribution in [0.3, 0.4) is 0 Å². The minimum Gasteiger partial charge on any atom is -0.437 e. The number of anilines is 1. The van der Waals surface area contributed by atoms with Crippen LogP contribution in [0.15, 0.2) is 61.2 Å². The zero-order valence-corrected chi connectivity index (χ0v) is 13.1. The summed E-state index contributed by atoms with van der Waals surface area (Å²) in [5, 5.41) is 0. The lowest BCUT2D eigenvalue weighted by Gasteiger charge is -2.24. The molecule has 0 radical (unpaired) electrons. The quantitative estimate of drug-likeness (QED) is 0.734. The summed E-state index contributed by atoms with van der Waals surface area (Å²) in [7, 11) is 0. The highest BCUT2D eigenvalue weighted by atomic mass is 16.5. The van der Waals surface area contributed by atoms with Crippen molar-refractivity contribution in [2.24, 2.45) is 0 Å². The van der Waals surface area contributed by atoms with Crippen LogP contribution in [-0.4, -0.2) is 26.5 Å². The summed E-state index contributed by atoms with van der Waals surface area (Å²) >= 11 is 0. The van der Waals surface area contributed by atoms with Gasteiger partial charge in [0.25, 0.3) is 0 Å². The van der Waals surface area contributed by atoms with Gasteiger partial charge in [0.15, 0.2) is 0 Å². The number of hydrogen-bond donors (Lipinski definition) is 0. The average Bonchev–Trinajstić information content (AvgIpc) is 3.13. The molecule has 0 amide bonds. The third kappa shape index (κ3) is 3.03. The van der Waals surface area contributed by atoms with E-state index in [-0.39, 0.29) is 6.04 Å². The lowest BCUT2D eigenvalue weighted by atomic mass is 10.1. The van der Waals surface area contributed by atoms with Crippen molar-refractivity contribution in [2.75, 3.05) is 11.4 Å². The fraction of sp³-hybridized carbons (Fsp3) is 0.222. The average molecular weight is 319 g/mol. The summed E-state index contributed by atoms with van der Waals surface area (Å²) in [6, 6.07) is 11.6. The normalized spacial score (nSPS) is 17.0. The first-order valence-corrected chi connectivity index (χ1v) is 7.99. The van der Waals surface area contributed by atoms with Crippen molar-refractivity contribution in [3.63, 3.8) is 0 Å². The van der Waals surface area contributed by atoms with Gasteiger partial charge in [0.2, 0.25) is 11.8 Å². The maximum atomic E-state index is 5.80. The molecule has 0 N–H and O–H groups in total. The molecular formula is C18H17N5O. The third-order valence-electron chi connectivity index (χ3n) is 4.01. The molecule has 4 rings (SSSR count). The molecule has 1 aliphatic heterocycles. The van der Waals surface area contributed by atoms with Gasteiger partial charge < -0.3 is 9.64 Å². The van der Waals surface area contributed by atoms with E-state index in [1.165, 1.54) is 0 Å². The Kier molecular flexibility index (Phi) is 4.02. The van der Waals surface area contributed by atoms with Crippen LogP contribution in [0.4, 0.5) is 5.95 Å². The van der Waals surface area contributed by atoms with E-state index in [2.05, 4.69) is 24.8 Å². The van der Waals surface area contributed by atoms with Gasteiger partial charge in [-0.2, -0.15) is 0 Å². The molecule has 1 atom stereocenters. The van der Waals surface area contributed by atoms with E-state index < -0.39 is 0 Å². The third-order valence-corrected chi connectivity index (χ3v) is 4.01. The van der Waals surface area contributed by atoms with E-state index in [0.29, 0.717) is 11.6 Å². The standard InChI is InChI=1S/C18H17N5O/c1-6-15(22-17(8-1)24-14-5-2-9-19-13-14)16-7-3-12-23(16)18-20-10-4-11-21-18/h1-2,4-6,8-11,13,16H,3,7,12H2. The monoisotopic (exact) mass is 319 g/mol. The highest BCUT2D eigenvalue weighted by molar-refractivity contribution is 5.37. The summed E-state index contributed by atoms with van der Waals surface area (Å²) in [6.45, 7) is 0.935. The molecular weight excluding hydrogens is 302 g/mol. The van der Waals surface area contributed by atoms with Crippen LogP contribution in [0.2, 0.25) is 0 Å². The molecule has 0 aliphatic carbocycles. The summed E-state index contributed by atoms with van der Waals surface area (Å²) < 4.78 is 5.80. The number of hydrogen-bond acceptors (Lipinski definition) is 6. The van der Waals surface area contributed by atoms with Crippen LogP contribution in [0.5, 0.6) is 11.6 Å². The molecule has 120 valence electrons. The molecule has 6 heteroatoms. The minimum atomic E-state index is 0.171. The number of pyridine rings is 2. The molecule has 24 heavy (non-hydrogen) atoms. The van der Waals surface area contributed by atoms with Crippen molar-refractivity contribution >= 4 is 5.95 Å². The van der Waals surface area contributed by atoms with E-state index in [1.54, 1.807) is 24.8 Å². The summed E-state index contributed by atoms with van der Waals surface area (Å²) in [4.78, 5) is 19.7. The van der Waals surface area contributed by atoms with Crippen LogP contribution < -0.4 is 9.64 Å². The predicted molar refractivity (Wildman–Crippen MR) is 89.9 cm³/mol. The fourth-order valence-electron chi connectivity index (χ4n) is 2.95. The van der Waals surface area contributed by atoms with Crippen molar-refractivity contribution < 1.29 is 4.74 Å². The van der Waals surface area contributed by atoms with Crippen molar-refractivity contribution in [2.45, 2.75) is 18.9 Å². The Morgan fingerprint density at radius 3 is 2.75 bits per heavy atom. The highest BCUT2D eigenvalue weighted by Crippen LogP contribution is 2.34. The van der Waals surface area contributed by atoms with Gasteiger partial charge in [-0.15, -0.1) is 0 Å². The van der Waals surface area contributed by atoms with Gasteiger partial charge in [-0.25, -0.2) is 15.0 Å². The Bertz CT molecular complexity index is 797. The topological polar surface area (TPSA) is 64.0 Å². The van der Waals surface area contributed by atoms with Crippen LogP contribution in [0.25, 0.3) is 0 Å². The second kappa shape index (κ2) is 6.62. The van der Waals surface area contributed by atoms with Gasteiger partial charge in [0.05, 0.1) is 17.9 Å². The van der Waals surface area contributed by atoms with E-state index in [1.807, 2.05) is 36.4 Å². The second-order valence-electron chi connectivity index (χ2n) is 5.59. The predicted octanol–water partition coefficient (Wildman–Crippen LogP) is 3.40.